The van der Waals surface area contributed by atoms with Gasteiger partial charge in [0.05, 0.1) is 5.56 Å². The SMILES string of the molecule is O=C(O)[C@@H](Cc1c[nH]c2ccccc12)NC(=O)[C@H](O)c1ccc(C(F)(F)F)cc1. The molecule has 29 heavy (non-hydrogen) atoms. The smallest absolute Gasteiger partial charge is 0.416 e. The van der Waals surface area contributed by atoms with Crippen molar-refractivity contribution in [1.29, 1.82) is 0 Å². The summed E-state index contributed by atoms with van der Waals surface area (Å²) < 4.78 is 37.9. The summed E-state index contributed by atoms with van der Waals surface area (Å²) in [6, 6.07) is 9.34. The molecule has 3 rings (SSSR count). The number of aromatic nitrogens is 1. The van der Waals surface area contributed by atoms with Gasteiger partial charge in [-0.15, -0.1) is 0 Å². The maximum Gasteiger partial charge on any atom is 0.416 e. The van der Waals surface area contributed by atoms with E-state index in [2.05, 4.69) is 10.3 Å². The van der Waals surface area contributed by atoms with Gasteiger partial charge < -0.3 is 20.5 Å². The Morgan fingerprint density at radius 1 is 1.07 bits per heavy atom. The standard InChI is InChI=1S/C20H17F3N2O4/c21-20(22,23)13-7-5-11(6-8-13)17(26)18(27)25-16(19(28)29)9-12-10-24-15-4-2-1-3-14(12)15/h1-8,10,16-17,24,26H,9H2,(H,25,27)(H,28,29)/t16-,17-/m1/s1. The summed E-state index contributed by atoms with van der Waals surface area (Å²) in [6.45, 7) is 0. The first-order valence-corrected chi connectivity index (χ1v) is 8.60. The Morgan fingerprint density at radius 3 is 2.34 bits per heavy atom. The number of hydrogen-bond acceptors (Lipinski definition) is 3. The third kappa shape index (κ3) is 4.57. The molecule has 0 unspecified atom stereocenters. The Labute approximate surface area is 163 Å². The van der Waals surface area contributed by atoms with Crippen molar-refractivity contribution in [3.8, 4) is 0 Å². The summed E-state index contributed by atoms with van der Waals surface area (Å²) in [5.74, 6) is -2.32. The molecule has 4 N–H and O–H groups in total. The minimum Gasteiger partial charge on any atom is -0.480 e. The van der Waals surface area contributed by atoms with Crippen molar-refractivity contribution in [2.75, 3.05) is 0 Å². The Morgan fingerprint density at radius 2 is 1.72 bits per heavy atom. The van der Waals surface area contributed by atoms with Gasteiger partial charge in [-0.1, -0.05) is 30.3 Å². The minimum atomic E-state index is -4.54. The number of aromatic amines is 1. The van der Waals surface area contributed by atoms with E-state index in [1.54, 1.807) is 18.3 Å². The highest BCUT2D eigenvalue weighted by Crippen LogP contribution is 2.30. The average molecular weight is 406 g/mol. The molecule has 0 saturated heterocycles. The van der Waals surface area contributed by atoms with Crippen molar-refractivity contribution in [2.24, 2.45) is 0 Å². The molecule has 2 atom stereocenters. The molecule has 0 radical (unpaired) electrons. The predicted octanol–water partition coefficient (Wildman–Crippen LogP) is 3.03. The van der Waals surface area contributed by atoms with Crippen molar-refractivity contribution < 1.29 is 33.0 Å². The number of carbonyl (C=O) groups excluding carboxylic acids is 1. The molecule has 1 amide bonds. The number of halogens is 3. The zero-order valence-electron chi connectivity index (χ0n) is 14.9. The first-order chi connectivity index (χ1) is 13.7. The van der Waals surface area contributed by atoms with Gasteiger partial charge in [0.1, 0.15) is 6.04 Å². The van der Waals surface area contributed by atoms with Gasteiger partial charge in [-0.05, 0) is 29.3 Å². The second-order valence-electron chi connectivity index (χ2n) is 6.49. The van der Waals surface area contributed by atoms with Crippen LogP contribution in [0.25, 0.3) is 10.9 Å². The Hall–Kier alpha value is -3.33. The van der Waals surface area contributed by atoms with E-state index in [-0.39, 0.29) is 12.0 Å². The van der Waals surface area contributed by atoms with Crippen LogP contribution in [0.1, 0.15) is 22.8 Å². The number of hydrogen-bond donors (Lipinski definition) is 4. The largest absolute Gasteiger partial charge is 0.480 e. The number of para-hydroxylation sites is 1. The van der Waals surface area contributed by atoms with Gasteiger partial charge >= 0.3 is 12.1 Å². The first-order valence-electron chi connectivity index (χ1n) is 8.60. The lowest BCUT2D eigenvalue weighted by molar-refractivity contribution is -0.143. The van der Waals surface area contributed by atoms with Crippen molar-refractivity contribution in [3.05, 3.63) is 71.4 Å². The molecule has 1 heterocycles. The highest BCUT2D eigenvalue weighted by atomic mass is 19.4. The molecular weight excluding hydrogens is 389 g/mol. The van der Waals surface area contributed by atoms with E-state index in [0.29, 0.717) is 5.56 Å². The number of aliphatic carboxylic acids is 1. The van der Waals surface area contributed by atoms with Crippen LogP contribution >= 0.6 is 0 Å². The van der Waals surface area contributed by atoms with Gasteiger partial charge in [0.15, 0.2) is 6.10 Å². The zero-order valence-corrected chi connectivity index (χ0v) is 14.9. The van der Waals surface area contributed by atoms with E-state index in [0.717, 1.165) is 35.2 Å². The van der Waals surface area contributed by atoms with Crippen LogP contribution in [0.5, 0.6) is 0 Å². The number of carboxylic acids is 1. The van der Waals surface area contributed by atoms with E-state index in [9.17, 15) is 33.0 Å². The van der Waals surface area contributed by atoms with Crippen LogP contribution in [0.4, 0.5) is 13.2 Å². The van der Waals surface area contributed by atoms with Crippen LogP contribution in [0.2, 0.25) is 0 Å². The molecule has 6 nitrogen and oxygen atoms in total. The lowest BCUT2D eigenvalue weighted by atomic mass is 10.0. The van der Waals surface area contributed by atoms with Crippen molar-refractivity contribution in [1.82, 2.24) is 10.3 Å². The van der Waals surface area contributed by atoms with Crippen LogP contribution in [-0.4, -0.2) is 33.1 Å². The number of aliphatic hydroxyl groups excluding tert-OH is 1. The monoisotopic (exact) mass is 406 g/mol. The van der Waals surface area contributed by atoms with Gasteiger partial charge in [0.25, 0.3) is 5.91 Å². The van der Waals surface area contributed by atoms with Crippen LogP contribution in [0.3, 0.4) is 0 Å². The molecule has 0 fully saturated rings. The number of amides is 1. The molecule has 0 bridgehead atoms. The van der Waals surface area contributed by atoms with Crippen molar-refractivity contribution in [3.63, 3.8) is 0 Å². The van der Waals surface area contributed by atoms with E-state index in [4.69, 9.17) is 0 Å². The Balaban J connectivity index is 1.73. The Kier molecular flexibility index (Phi) is 5.60. The third-order valence-corrected chi connectivity index (χ3v) is 4.52. The maximum atomic E-state index is 12.6. The molecule has 0 aliphatic rings. The molecule has 0 saturated carbocycles. The molecule has 0 aliphatic carbocycles. The van der Waals surface area contributed by atoms with Crippen LogP contribution in [-0.2, 0) is 22.2 Å². The predicted molar refractivity (Wildman–Crippen MR) is 98.0 cm³/mol. The highest BCUT2D eigenvalue weighted by molar-refractivity contribution is 5.88. The highest BCUT2D eigenvalue weighted by Gasteiger charge is 2.31. The fourth-order valence-corrected chi connectivity index (χ4v) is 2.98. The molecular formula is C20H17F3N2O4. The fraction of sp³-hybridized carbons (Fsp3) is 0.200. The molecule has 3 aromatic rings. The summed E-state index contributed by atoms with van der Waals surface area (Å²) in [5, 5.41) is 22.6. The number of carboxylic acid groups (broad SMARTS) is 1. The van der Waals surface area contributed by atoms with Gasteiger partial charge in [-0.3, -0.25) is 4.79 Å². The normalized spacial score (nSPS) is 13.8. The second-order valence-corrected chi connectivity index (χ2v) is 6.49. The number of fused-ring (bicyclic) bond motifs is 1. The number of H-pyrrole nitrogens is 1. The van der Waals surface area contributed by atoms with Gasteiger partial charge in [0.2, 0.25) is 0 Å². The van der Waals surface area contributed by atoms with Gasteiger partial charge in [0, 0.05) is 23.5 Å². The quantitative estimate of drug-likeness (QED) is 0.505. The third-order valence-electron chi connectivity index (χ3n) is 4.52. The zero-order chi connectivity index (χ0) is 21.2. The molecule has 0 spiro atoms. The van der Waals surface area contributed by atoms with Crippen LogP contribution in [0.15, 0.2) is 54.7 Å². The van der Waals surface area contributed by atoms with Crippen molar-refractivity contribution >= 4 is 22.8 Å². The summed E-state index contributed by atoms with van der Waals surface area (Å²) >= 11 is 0. The van der Waals surface area contributed by atoms with Crippen LogP contribution in [0, 0.1) is 0 Å². The number of rotatable bonds is 6. The second kappa shape index (κ2) is 7.96. The van der Waals surface area contributed by atoms with Crippen LogP contribution < -0.4 is 5.32 Å². The maximum absolute atomic E-state index is 12.6. The number of benzene rings is 2. The molecule has 0 aliphatic heterocycles. The fourth-order valence-electron chi connectivity index (χ4n) is 2.98. The first kappa shape index (κ1) is 20.4. The average Bonchev–Trinajstić information content (AvgIpc) is 3.09. The van der Waals surface area contributed by atoms with E-state index in [1.165, 1.54) is 0 Å². The van der Waals surface area contributed by atoms with E-state index < -0.39 is 35.8 Å². The van der Waals surface area contributed by atoms with E-state index in [1.807, 2.05) is 12.1 Å². The summed E-state index contributed by atoms with van der Waals surface area (Å²) in [5.41, 5.74) is 0.475. The molecule has 9 heteroatoms. The summed E-state index contributed by atoms with van der Waals surface area (Å²) in [4.78, 5) is 26.9. The molecule has 1 aromatic heterocycles. The topological polar surface area (TPSA) is 102 Å². The number of nitrogens with one attached hydrogen (secondary N) is 2. The van der Waals surface area contributed by atoms with Gasteiger partial charge in [-0.25, -0.2) is 4.79 Å². The lowest BCUT2D eigenvalue weighted by Gasteiger charge is -2.18. The Bertz CT molecular complexity index is 1030. The number of carbonyl (C=O) groups is 2. The number of alkyl halides is 3. The lowest BCUT2D eigenvalue weighted by Crippen LogP contribution is -2.44. The summed E-state index contributed by atoms with van der Waals surface area (Å²) in [7, 11) is 0. The van der Waals surface area contributed by atoms with Gasteiger partial charge in [-0.2, -0.15) is 13.2 Å². The molecule has 152 valence electrons. The summed E-state index contributed by atoms with van der Waals surface area (Å²) in [6.07, 6.45) is -4.74. The van der Waals surface area contributed by atoms with E-state index >= 15 is 0 Å². The van der Waals surface area contributed by atoms with Crippen molar-refractivity contribution in [2.45, 2.75) is 24.7 Å². The minimum absolute atomic E-state index is 0.0369. The number of aliphatic hydroxyl groups is 1. The molecule has 2 aromatic carbocycles.